The van der Waals surface area contributed by atoms with Crippen LogP contribution in [0.4, 0.5) is 5.69 Å². The van der Waals surface area contributed by atoms with Crippen molar-refractivity contribution in [2.45, 2.75) is 18.9 Å². The predicted molar refractivity (Wildman–Crippen MR) is 111 cm³/mol. The Morgan fingerprint density at radius 1 is 1.15 bits per heavy atom. The molecule has 2 aromatic carbocycles. The van der Waals surface area contributed by atoms with Gasteiger partial charge in [0.2, 0.25) is 0 Å². The number of benzene rings is 2. The van der Waals surface area contributed by atoms with Crippen molar-refractivity contribution in [3.8, 4) is 6.07 Å². The molecule has 0 saturated carbocycles. The minimum atomic E-state index is -0.812. The molecule has 5 nitrogen and oxygen atoms in total. The van der Waals surface area contributed by atoms with Crippen LogP contribution in [0.3, 0.4) is 0 Å². The number of carbonyl (C=O) groups excluding carboxylic acids is 2. The van der Waals surface area contributed by atoms with Gasteiger partial charge in [-0.25, -0.2) is 0 Å². The van der Waals surface area contributed by atoms with Crippen LogP contribution in [0.1, 0.15) is 32.7 Å². The van der Waals surface area contributed by atoms with Crippen molar-refractivity contribution >= 4 is 45.2 Å². The number of rotatable bonds is 4. The maximum Gasteiger partial charge on any atom is 0.255 e. The molecule has 1 unspecified atom stereocenters. The van der Waals surface area contributed by atoms with Crippen LogP contribution in [-0.2, 0) is 0 Å². The van der Waals surface area contributed by atoms with E-state index in [-0.39, 0.29) is 11.8 Å². The number of nitriles is 1. The fourth-order valence-corrected chi connectivity index (χ4v) is 4.29. The van der Waals surface area contributed by atoms with Crippen LogP contribution >= 0.6 is 27.7 Å². The average molecular weight is 444 g/mol. The normalized spacial score (nSPS) is 18.6. The molecular weight excluding hydrogens is 426 g/mol. The second-order valence-electron chi connectivity index (χ2n) is 6.44. The summed E-state index contributed by atoms with van der Waals surface area (Å²) in [5, 5.41) is 15.1. The zero-order chi connectivity index (χ0) is 19.4. The first-order valence-corrected chi connectivity index (χ1v) is 10.4. The van der Waals surface area contributed by atoms with E-state index >= 15 is 0 Å². The summed E-state index contributed by atoms with van der Waals surface area (Å²) in [6.07, 6.45) is 0.638. The summed E-state index contributed by atoms with van der Waals surface area (Å²) in [7, 11) is 0. The molecule has 2 amide bonds. The van der Waals surface area contributed by atoms with Gasteiger partial charge < -0.3 is 10.6 Å². The van der Waals surface area contributed by atoms with E-state index in [4.69, 9.17) is 0 Å². The molecule has 7 heteroatoms. The van der Waals surface area contributed by atoms with Crippen LogP contribution in [-0.4, -0.2) is 28.9 Å². The highest BCUT2D eigenvalue weighted by Crippen LogP contribution is 2.28. The van der Waals surface area contributed by atoms with Gasteiger partial charge in [0.1, 0.15) is 5.54 Å². The van der Waals surface area contributed by atoms with E-state index in [0.717, 1.165) is 15.8 Å². The fraction of sp³-hybridized carbons (Fsp3) is 0.250. The Morgan fingerprint density at radius 2 is 1.85 bits per heavy atom. The molecule has 1 saturated heterocycles. The molecule has 27 heavy (non-hydrogen) atoms. The molecule has 1 heterocycles. The van der Waals surface area contributed by atoms with Gasteiger partial charge >= 0.3 is 0 Å². The number of anilines is 1. The lowest BCUT2D eigenvalue weighted by molar-refractivity contribution is 0.0925. The Labute approximate surface area is 170 Å². The zero-order valence-corrected chi connectivity index (χ0v) is 17.1. The molecule has 138 valence electrons. The molecular formula is C20H18BrN3O2S. The molecule has 1 aliphatic heterocycles. The smallest absolute Gasteiger partial charge is 0.255 e. The van der Waals surface area contributed by atoms with Crippen LogP contribution in [0.15, 0.2) is 46.9 Å². The number of carbonyl (C=O) groups is 2. The third-order valence-electron chi connectivity index (χ3n) is 4.44. The highest BCUT2D eigenvalue weighted by Gasteiger charge is 2.36. The number of thioether (sulfide) groups is 1. The summed E-state index contributed by atoms with van der Waals surface area (Å²) in [4.78, 5) is 25.1. The van der Waals surface area contributed by atoms with E-state index in [1.54, 1.807) is 54.2 Å². The van der Waals surface area contributed by atoms with Gasteiger partial charge in [-0.05, 0) is 61.1 Å². The molecule has 0 aliphatic carbocycles. The van der Waals surface area contributed by atoms with Crippen LogP contribution in [0, 0.1) is 18.3 Å². The number of nitrogens with zero attached hydrogens (tertiary/aromatic N) is 1. The lowest BCUT2D eigenvalue weighted by atomic mass is 10.00. The predicted octanol–water partition coefficient (Wildman–Crippen LogP) is 4.14. The minimum Gasteiger partial charge on any atom is -0.333 e. The Morgan fingerprint density at radius 3 is 2.48 bits per heavy atom. The van der Waals surface area contributed by atoms with Gasteiger partial charge in [0.05, 0.1) is 6.07 Å². The number of halogens is 1. The van der Waals surface area contributed by atoms with Crippen LogP contribution in [0.2, 0.25) is 0 Å². The molecule has 1 aliphatic rings. The first-order valence-electron chi connectivity index (χ1n) is 8.41. The zero-order valence-electron chi connectivity index (χ0n) is 14.7. The van der Waals surface area contributed by atoms with Gasteiger partial charge in [-0.3, -0.25) is 9.59 Å². The quantitative estimate of drug-likeness (QED) is 0.743. The summed E-state index contributed by atoms with van der Waals surface area (Å²) >= 11 is 5.00. The van der Waals surface area contributed by atoms with Crippen molar-refractivity contribution in [1.82, 2.24) is 5.32 Å². The molecule has 3 rings (SSSR count). The number of hydrogen-bond acceptors (Lipinski definition) is 4. The Bertz CT molecular complexity index is 916. The highest BCUT2D eigenvalue weighted by molar-refractivity contribution is 9.10. The maximum atomic E-state index is 12.6. The summed E-state index contributed by atoms with van der Waals surface area (Å²) < 4.78 is 0.894. The summed E-state index contributed by atoms with van der Waals surface area (Å²) in [6.45, 7) is 1.86. The van der Waals surface area contributed by atoms with E-state index in [2.05, 4.69) is 32.6 Å². The molecule has 0 bridgehead atoms. The van der Waals surface area contributed by atoms with E-state index < -0.39 is 5.54 Å². The molecule has 1 atom stereocenters. The molecule has 0 radical (unpaired) electrons. The lowest BCUT2D eigenvalue weighted by Gasteiger charge is -2.21. The van der Waals surface area contributed by atoms with Crippen LogP contribution < -0.4 is 10.6 Å². The van der Waals surface area contributed by atoms with E-state index in [1.165, 1.54) is 0 Å². The monoisotopic (exact) mass is 443 g/mol. The minimum absolute atomic E-state index is 0.246. The largest absolute Gasteiger partial charge is 0.333 e. The van der Waals surface area contributed by atoms with Crippen LogP contribution in [0.25, 0.3) is 0 Å². The fourth-order valence-electron chi connectivity index (χ4n) is 2.76. The van der Waals surface area contributed by atoms with Crippen molar-refractivity contribution in [3.63, 3.8) is 0 Å². The van der Waals surface area contributed by atoms with Gasteiger partial charge in [0.25, 0.3) is 11.8 Å². The first-order chi connectivity index (χ1) is 12.9. The van der Waals surface area contributed by atoms with E-state index in [9.17, 15) is 14.9 Å². The van der Waals surface area contributed by atoms with E-state index in [1.807, 2.05) is 6.92 Å². The average Bonchev–Trinajstić information content (AvgIpc) is 3.13. The first kappa shape index (κ1) is 19.5. The van der Waals surface area contributed by atoms with Crippen molar-refractivity contribution < 1.29 is 9.59 Å². The summed E-state index contributed by atoms with van der Waals surface area (Å²) in [5.41, 5.74) is 1.55. The summed E-state index contributed by atoms with van der Waals surface area (Å²) in [5.74, 6) is 0.895. The maximum absolute atomic E-state index is 12.6. The number of aryl methyl sites for hydroxylation is 1. The third kappa shape index (κ3) is 4.52. The van der Waals surface area contributed by atoms with Gasteiger partial charge in [-0.15, -0.1) is 0 Å². The number of nitrogens with one attached hydrogen (secondary N) is 2. The van der Waals surface area contributed by atoms with E-state index in [0.29, 0.717) is 29.0 Å². The van der Waals surface area contributed by atoms with Gasteiger partial charge in [0.15, 0.2) is 0 Å². The number of amides is 2. The Hall–Kier alpha value is -2.30. The molecule has 2 N–H and O–H groups in total. The van der Waals surface area contributed by atoms with Gasteiger partial charge in [0, 0.05) is 27.0 Å². The number of hydrogen-bond donors (Lipinski definition) is 2. The third-order valence-corrected chi connectivity index (χ3v) is 6.16. The molecule has 0 aromatic heterocycles. The molecule has 1 fully saturated rings. The highest BCUT2D eigenvalue weighted by atomic mass is 79.9. The Balaban J connectivity index is 1.77. The second kappa shape index (κ2) is 8.15. The van der Waals surface area contributed by atoms with Crippen molar-refractivity contribution in [1.29, 1.82) is 5.26 Å². The molecule has 2 aromatic rings. The van der Waals surface area contributed by atoms with Crippen molar-refractivity contribution in [3.05, 3.63) is 63.6 Å². The van der Waals surface area contributed by atoms with Crippen molar-refractivity contribution in [2.75, 3.05) is 16.8 Å². The van der Waals surface area contributed by atoms with Crippen molar-refractivity contribution in [2.24, 2.45) is 0 Å². The van der Waals surface area contributed by atoms with Gasteiger partial charge in [-0.1, -0.05) is 22.0 Å². The standard InChI is InChI=1S/C20H18BrN3O2S/c1-13-2-3-15(19(26)24-20(11-22)8-9-27-12-20)10-17(13)23-18(25)14-4-6-16(21)7-5-14/h2-7,10H,8-9,12H2,1H3,(H,23,25)(H,24,26). The lowest BCUT2D eigenvalue weighted by Crippen LogP contribution is -2.47. The van der Waals surface area contributed by atoms with Gasteiger partial charge in [-0.2, -0.15) is 17.0 Å². The summed E-state index contributed by atoms with van der Waals surface area (Å²) in [6, 6.07) is 14.4. The SMILES string of the molecule is Cc1ccc(C(=O)NC2(C#N)CCSC2)cc1NC(=O)c1ccc(Br)cc1. The topological polar surface area (TPSA) is 82.0 Å². The Kier molecular flexibility index (Phi) is 5.88. The molecule has 0 spiro atoms. The second-order valence-corrected chi connectivity index (χ2v) is 8.46. The van der Waals surface area contributed by atoms with Crippen LogP contribution in [0.5, 0.6) is 0 Å².